The molecule has 1 aliphatic carbocycles. The Morgan fingerprint density at radius 1 is 1.03 bits per heavy atom. The Morgan fingerprint density at radius 2 is 1.74 bits per heavy atom. The summed E-state index contributed by atoms with van der Waals surface area (Å²) in [5.41, 5.74) is 1.01. The van der Waals surface area contributed by atoms with Crippen LogP contribution in [0.15, 0.2) is 48.5 Å². The molecule has 1 heterocycles. The molecule has 0 aromatic heterocycles. The van der Waals surface area contributed by atoms with Crippen molar-refractivity contribution < 1.29 is 19.1 Å². The predicted octanol–water partition coefficient (Wildman–Crippen LogP) is 4.85. The fourth-order valence-electron chi connectivity index (χ4n) is 4.93. The third kappa shape index (κ3) is 4.18. The molecule has 5 nitrogen and oxygen atoms in total. The van der Waals surface area contributed by atoms with Crippen molar-refractivity contribution in [3.05, 3.63) is 59.7 Å². The second-order valence-electron chi connectivity index (χ2n) is 9.01. The van der Waals surface area contributed by atoms with E-state index in [0.717, 1.165) is 24.2 Å². The minimum Gasteiger partial charge on any atom is -0.493 e. The summed E-state index contributed by atoms with van der Waals surface area (Å²) in [4.78, 5) is 27.7. The SMILES string of the molecule is COc1ccc(C2CN(C(=O)c3ccccc3)CC2(C)C(C)=O)cc1OC1CCCC1. The number of rotatable bonds is 6. The summed E-state index contributed by atoms with van der Waals surface area (Å²) in [6, 6.07) is 15.2. The summed E-state index contributed by atoms with van der Waals surface area (Å²) in [5.74, 6) is 1.39. The van der Waals surface area contributed by atoms with Crippen LogP contribution in [0.2, 0.25) is 0 Å². The summed E-state index contributed by atoms with van der Waals surface area (Å²) < 4.78 is 11.8. The van der Waals surface area contributed by atoms with Crippen molar-refractivity contribution in [3.63, 3.8) is 0 Å². The van der Waals surface area contributed by atoms with Crippen LogP contribution in [0.25, 0.3) is 0 Å². The van der Waals surface area contributed by atoms with Gasteiger partial charge in [0, 0.05) is 24.6 Å². The molecule has 5 heteroatoms. The van der Waals surface area contributed by atoms with Gasteiger partial charge in [-0.25, -0.2) is 0 Å². The first-order valence-electron chi connectivity index (χ1n) is 11.1. The summed E-state index contributed by atoms with van der Waals surface area (Å²) in [6.45, 7) is 4.51. The van der Waals surface area contributed by atoms with Crippen LogP contribution in [-0.2, 0) is 4.79 Å². The van der Waals surface area contributed by atoms with Gasteiger partial charge < -0.3 is 14.4 Å². The first-order chi connectivity index (χ1) is 14.9. The lowest BCUT2D eigenvalue weighted by Gasteiger charge is -2.28. The second-order valence-corrected chi connectivity index (χ2v) is 9.01. The van der Waals surface area contributed by atoms with Gasteiger partial charge in [-0.15, -0.1) is 0 Å². The molecule has 1 aliphatic heterocycles. The van der Waals surface area contributed by atoms with Crippen LogP contribution in [0.1, 0.15) is 61.4 Å². The standard InChI is InChI=1S/C26H31NO4/c1-18(28)26(2)17-27(25(29)19-9-5-4-6-10-19)16-22(26)20-13-14-23(30-3)24(15-20)31-21-11-7-8-12-21/h4-6,9-10,13-15,21-22H,7-8,11-12,16-17H2,1-3H3. The second kappa shape index (κ2) is 8.74. The summed E-state index contributed by atoms with van der Waals surface area (Å²) in [7, 11) is 1.64. The van der Waals surface area contributed by atoms with Gasteiger partial charge in [0.05, 0.1) is 18.6 Å². The molecule has 2 unspecified atom stereocenters. The van der Waals surface area contributed by atoms with E-state index in [1.165, 1.54) is 12.8 Å². The quantitative estimate of drug-likeness (QED) is 0.669. The highest BCUT2D eigenvalue weighted by atomic mass is 16.5. The molecule has 2 atom stereocenters. The van der Waals surface area contributed by atoms with Gasteiger partial charge in [0.25, 0.3) is 5.91 Å². The molecule has 0 radical (unpaired) electrons. The molecule has 2 aliphatic rings. The molecule has 1 saturated heterocycles. The summed E-state index contributed by atoms with van der Waals surface area (Å²) in [5, 5.41) is 0. The number of methoxy groups -OCH3 is 1. The van der Waals surface area contributed by atoms with E-state index in [1.807, 2.05) is 60.4 Å². The fraction of sp³-hybridized carbons (Fsp3) is 0.462. The Kier molecular flexibility index (Phi) is 6.03. The highest BCUT2D eigenvalue weighted by Crippen LogP contribution is 2.46. The van der Waals surface area contributed by atoms with Crippen molar-refractivity contribution in [2.75, 3.05) is 20.2 Å². The number of amides is 1. The van der Waals surface area contributed by atoms with Crippen molar-refractivity contribution in [3.8, 4) is 11.5 Å². The Morgan fingerprint density at radius 3 is 2.39 bits per heavy atom. The van der Waals surface area contributed by atoms with Crippen molar-refractivity contribution in [1.82, 2.24) is 4.90 Å². The molecule has 4 rings (SSSR count). The highest BCUT2D eigenvalue weighted by molar-refractivity contribution is 5.95. The number of benzene rings is 2. The molecule has 0 N–H and O–H groups in total. The summed E-state index contributed by atoms with van der Waals surface area (Å²) in [6.07, 6.45) is 4.70. The zero-order valence-corrected chi connectivity index (χ0v) is 18.6. The third-order valence-electron chi connectivity index (χ3n) is 6.99. The van der Waals surface area contributed by atoms with E-state index < -0.39 is 5.41 Å². The lowest BCUT2D eigenvalue weighted by atomic mass is 9.73. The van der Waals surface area contributed by atoms with E-state index in [1.54, 1.807) is 14.0 Å². The largest absolute Gasteiger partial charge is 0.493 e. The molecule has 0 bridgehead atoms. The van der Waals surface area contributed by atoms with Crippen molar-refractivity contribution in [2.45, 2.75) is 51.6 Å². The van der Waals surface area contributed by atoms with E-state index in [0.29, 0.717) is 24.4 Å². The minimum atomic E-state index is -0.649. The zero-order chi connectivity index (χ0) is 22.0. The number of Topliss-reactive ketones (excluding diaryl/α,β-unsaturated/α-hetero) is 1. The molecule has 31 heavy (non-hydrogen) atoms. The van der Waals surface area contributed by atoms with Gasteiger partial charge in [0.2, 0.25) is 0 Å². The van der Waals surface area contributed by atoms with Gasteiger partial charge in [-0.3, -0.25) is 9.59 Å². The van der Waals surface area contributed by atoms with Crippen LogP contribution in [0.3, 0.4) is 0 Å². The van der Waals surface area contributed by atoms with Crippen LogP contribution in [-0.4, -0.2) is 42.9 Å². The number of hydrogen-bond acceptors (Lipinski definition) is 4. The van der Waals surface area contributed by atoms with Crippen LogP contribution in [0, 0.1) is 5.41 Å². The molecular weight excluding hydrogens is 390 g/mol. The maximum atomic E-state index is 13.1. The van der Waals surface area contributed by atoms with Crippen LogP contribution < -0.4 is 9.47 Å². The van der Waals surface area contributed by atoms with Crippen molar-refractivity contribution in [1.29, 1.82) is 0 Å². The van der Waals surface area contributed by atoms with E-state index in [2.05, 4.69) is 0 Å². The fourth-order valence-corrected chi connectivity index (χ4v) is 4.93. The Balaban J connectivity index is 1.64. The van der Waals surface area contributed by atoms with Crippen molar-refractivity contribution >= 4 is 11.7 Å². The van der Waals surface area contributed by atoms with E-state index in [9.17, 15) is 9.59 Å². The van der Waals surface area contributed by atoms with Gasteiger partial charge in [0.15, 0.2) is 11.5 Å². The van der Waals surface area contributed by atoms with Gasteiger partial charge in [-0.05, 0) is 62.4 Å². The molecule has 2 aromatic carbocycles. The van der Waals surface area contributed by atoms with Crippen LogP contribution in [0.4, 0.5) is 0 Å². The lowest BCUT2D eigenvalue weighted by Crippen LogP contribution is -2.35. The summed E-state index contributed by atoms with van der Waals surface area (Å²) >= 11 is 0. The van der Waals surface area contributed by atoms with Crippen molar-refractivity contribution in [2.24, 2.45) is 5.41 Å². The zero-order valence-electron chi connectivity index (χ0n) is 18.6. The van der Waals surface area contributed by atoms with E-state index >= 15 is 0 Å². The Labute approximate surface area is 184 Å². The number of carbonyl (C=O) groups is 2. The lowest BCUT2D eigenvalue weighted by molar-refractivity contribution is -0.125. The van der Waals surface area contributed by atoms with Gasteiger partial charge in [0.1, 0.15) is 5.78 Å². The molecular formula is C26H31NO4. The van der Waals surface area contributed by atoms with Crippen LogP contribution >= 0.6 is 0 Å². The number of likely N-dealkylation sites (tertiary alicyclic amines) is 1. The topological polar surface area (TPSA) is 55.8 Å². The average Bonchev–Trinajstić information content (AvgIpc) is 3.42. The molecule has 164 valence electrons. The van der Waals surface area contributed by atoms with Gasteiger partial charge in [-0.2, -0.15) is 0 Å². The number of ketones is 1. The van der Waals surface area contributed by atoms with Gasteiger partial charge >= 0.3 is 0 Å². The van der Waals surface area contributed by atoms with Gasteiger partial charge in [-0.1, -0.05) is 31.2 Å². The normalized spacial score (nSPS) is 23.7. The predicted molar refractivity (Wildman–Crippen MR) is 120 cm³/mol. The smallest absolute Gasteiger partial charge is 0.253 e. The third-order valence-corrected chi connectivity index (χ3v) is 6.99. The van der Waals surface area contributed by atoms with Crippen LogP contribution in [0.5, 0.6) is 11.5 Å². The van der Waals surface area contributed by atoms with E-state index in [4.69, 9.17) is 9.47 Å². The molecule has 0 spiro atoms. The number of carbonyl (C=O) groups excluding carboxylic acids is 2. The Bertz CT molecular complexity index is 951. The molecule has 1 saturated carbocycles. The maximum absolute atomic E-state index is 13.1. The highest BCUT2D eigenvalue weighted by Gasteiger charge is 2.48. The number of ether oxygens (including phenoxy) is 2. The van der Waals surface area contributed by atoms with E-state index in [-0.39, 0.29) is 23.7 Å². The first-order valence-corrected chi connectivity index (χ1v) is 11.1. The Hall–Kier alpha value is -2.82. The first kappa shape index (κ1) is 21.4. The number of nitrogens with zero attached hydrogens (tertiary/aromatic N) is 1. The minimum absolute atomic E-state index is 0.0356. The molecule has 2 fully saturated rings. The molecule has 1 amide bonds. The maximum Gasteiger partial charge on any atom is 0.253 e. The average molecular weight is 422 g/mol. The molecule has 2 aromatic rings. The monoisotopic (exact) mass is 421 g/mol. The number of hydrogen-bond donors (Lipinski definition) is 0.